The monoisotopic (exact) mass is 370 g/mol. The van der Waals surface area contributed by atoms with Crippen LogP contribution in [0.5, 0.6) is 0 Å². The van der Waals surface area contributed by atoms with Crippen LogP contribution in [0.1, 0.15) is 16.2 Å². The first-order valence-corrected chi connectivity index (χ1v) is 7.69. The van der Waals surface area contributed by atoms with Gasteiger partial charge < -0.3 is 15.4 Å². The van der Waals surface area contributed by atoms with Crippen LogP contribution in [0.3, 0.4) is 0 Å². The summed E-state index contributed by atoms with van der Waals surface area (Å²) < 4.78 is 6.27. The minimum Gasteiger partial charge on any atom is -0.465 e. The van der Waals surface area contributed by atoms with E-state index in [1.165, 1.54) is 6.07 Å². The topological polar surface area (TPSA) is 141 Å². The van der Waals surface area contributed by atoms with Gasteiger partial charge in [0, 0.05) is 18.3 Å². The Balaban J connectivity index is 1.72. The summed E-state index contributed by atoms with van der Waals surface area (Å²) in [7, 11) is 1.16. The lowest BCUT2D eigenvalue weighted by Crippen LogP contribution is -2.29. The fourth-order valence-corrected chi connectivity index (χ4v) is 2.37. The molecule has 0 aliphatic carbocycles. The number of methoxy groups -OCH3 is 1. The number of carbonyl (C=O) groups excluding carboxylic acids is 2. The number of amides is 2. The maximum Gasteiger partial charge on any atom is 0.338 e. The third-order valence-electron chi connectivity index (χ3n) is 3.60. The molecule has 3 rings (SSSR count). The second-order valence-electron chi connectivity index (χ2n) is 5.37. The van der Waals surface area contributed by atoms with Crippen molar-refractivity contribution in [3.8, 4) is 0 Å². The number of pyridine rings is 1. The smallest absolute Gasteiger partial charge is 0.338 e. The maximum atomic E-state index is 12.1. The molecule has 1 aromatic carbocycles. The first-order chi connectivity index (χ1) is 13.0. The van der Waals surface area contributed by atoms with Gasteiger partial charge in [0.25, 0.3) is 5.69 Å². The summed E-state index contributed by atoms with van der Waals surface area (Å²) in [5.41, 5.74) is 0.311. The Hall–Kier alpha value is -4.02. The number of carbonyl (C=O) groups is 2. The van der Waals surface area contributed by atoms with Crippen LogP contribution in [0.2, 0.25) is 0 Å². The first-order valence-electron chi connectivity index (χ1n) is 7.69. The molecule has 2 N–H and O–H groups in total. The number of nitro groups is 1. The third-order valence-corrected chi connectivity index (χ3v) is 3.60. The first kappa shape index (κ1) is 17.8. The minimum atomic E-state index is -0.753. The average Bonchev–Trinajstić information content (AvgIpc) is 3.08. The molecule has 0 saturated carbocycles. The number of nitrogens with zero attached hydrogens (tertiary/aromatic N) is 4. The molecule has 2 heterocycles. The van der Waals surface area contributed by atoms with Crippen LogP contribution < -0.4 is 10.6 Å². The van der Waals surface area contributed by atoms with Crippen molar-refractivity contribution in [2.75, 3.05) is 12.4 Å². The molecule has 11 heteroatoms. The predicted molar refractivity (Wildman–Crippen MR) is 93.3 cm³/mol. The molecule has 27 heavy (non-hydrogen) atoms. The molecule has 2 aromatic heterocycles. The van der Waals surface area contributed by atoms with Crippen molar-refractivity contribution in [2.45, 2.75) is 6.54 Å². The second-order valence-corrected chi connectivity index (χ2v) is 5.37. The van der Waals surface area contributed by atoms with E-state index in [-0.39, 0.29) is 23.5 Å². The number of fused-ring (bicyclic) bond motifs is 1. The molecule has 0 spiro atoms. The van der Waals surface area contributed by atoms with Gasteiger partial charge in [-0.1, -0.05) is 6.07 Å². The fraction of sp³-hybridized carbons (Fsp3) is 0.125. The van der Waals surface area contributed by atoms with E-state index in [0.717, 1.165) is 19.2 Å². The number of esters is 1. The van der Waals surface area contributed by atoms with Gasteiger partial charge in [0.15, 0.2) is 11.5 Å². The summed E-state index contributed by atoms with van der Waals surface area (Å²) in [6.45, 7) is 0.0792. The Kier molecular flexibility index (Phi) is 4.92. The maximum absolute atomic E-state index is 12.1. The van der Waals surface area contributed by atoms with Crippen molar-refractivity contribution < 1.29 is 19.2 Å². The molecule has 0 radical (unpaired) electrons. The van der Waals surface area contributed by atoms with Crippen LogP contribution in [0, 0.1) is 10.1 Å². The van der Waals surface area contributed by atoms with E-state index in [2.05, 4.69) is 25.6 Å². The molecule has 0 atom stereocenters. The zero-order valence-corrected chi connectivity index (χ0v) is 14.1. The summed E-state index contributed by atoms with van der Waals surface area (Å²) in [6, 6.07) is 8.25. The van der Waals surface area contributed by atoms with Gasteiger partial charge in [-0.3, -0.25) is 14.5 Å². The van der Waals surface area contributed by atoms with Gasteiger partial charge in [0.1, 0.15) is 0 Å². The lowest BCUT2D eigenvalue weighted by molar-refractivity contribution is -0.384. The van der Waals surface area contributed by atoms with Gasteiger partial charge in [0.05, 0.1) is 29.8 Å². The lowest BCUT2D eigenvalue weighted by Gasteiger charge is -2.08. The number of nitro benzene ring substituents is 1. The Morgan fingerprint density at radius 1 is 1.26 bits per heavy atom. The number of aromatic nitrogens is 3. The summed E-state index contributed by atoms with van der Waals surface area (Å²) in [5, 5.41) is 24.0. The van der Waals surface area contributed by atoms with E-state index in [0.29, 0.717) is 11.5 Å². The molecule has 3 aromatic rings. The molecule has 0 saturated heterocycles. The summed E-state index contributed by atoms with van der Waals surface area (Å²) in [6.07, 6.45) is 1.76. The van der Waals surface area contributed by atoms with Gasteiger partial charge in [-0.15, -0.1) is 10.2 Å². The SMILES string of the molecule is COC(=O)c1cc(NC(=O)NCc2nnc3ccccn23)cc([N+](=O)[O-])c1. The number of ether oxygens (including phenoxy) is 1. The molecule has 0 fully saturated rings. The quantitative estimate of drug-likeness (QED) is 0.396. The molecule has 0 aliphatic heterocycles. The van der Waals surface area contributed by atoms with Crippen LogP contribution in [0.25, 0.3) is 5.65 Å². The summed E-state index contributed by atoms with van der Waals surface area (Å²) in [4.78, 5) is 34.1. The second kappa shape index (κ2) is 7.47. The molecular weight excluding hydrogens is 356 g/mol. The van der Waals surface area contributed by atoms with Gasteiger partial charge in [0.2, 0.25) is 0 Å². The molecule has 11 nitrogen and oxygen atoms in total. The average molecular weight is 370 g/mol. The predicted octanol–water partition coefficient (Wildman–Crippen LogP) is 1.75. The number of nitrogens with one attached hydrogen (secondary N) is 2. The number of anilines is 1. The van der Waals surface area contributed by atoms with E-state index in [4.69, 9.17) is 0 Å². The Bertz CT molecular complexity index is 1030. The van der Waals surface area contributed by atoms with Crippen molar-refractivity contribution in [1.29, 1.82) is 0 Å². The zero-order valence-electron chi connectivity index (χ0n) is 14.1. The number of urea groups is 1. The van der Waals surface area contributed by atoms with Crippen molar-refractivity contribution in [3.63, 3.8) is 0 Å². The minimum absolute atomic E-state index is 0.0505. The van der Waals surface area contributed by atoms with Crippen molar-refractivity contribution in [3.05, 3.63) is 64.1 Å². The molecule has 0 bridgehead atoms. The van der Waals surface area contributed by atoms with Crippen LogP contribution in [0.4, 0.5) is 16.2 Å². The highest BCUT2D eigenvalue weighted by atomic mass is 16.6. The number of hydrogen-bond acceptors (Lipinski definition) is 7. The number of hydrogen-bond donors (Lipinski definition) is 2. The van der Waals surface area contributed by atoms with E-state index in [9.17, 15) is 19.7 Å². The van der Waals surface area contributed by atoms with Crippen LogP contribution in [0.15, 0.2) is 42.6 Å². The molecule has 0 unspecified atom stereocenters. The summed E-state index contributed by atoms with van der Waals surface area (Å²) >= 11 is 0. The highest BCUT2D eigenvalue weighted by Gasteiger charge is 2.16. The van der Waals surface area contributed by atoms with Crippen LogP contribution in [-0.4, -0.2) is 38.6 Å². The van der Waals surface area contributed by atoms with Gasteiger partial charge in [-0.05, 0) is 18.2 Å². The number of rotatable bonds is 5. The van der Waals surface area contributed by atoms with Crippen LogP contribution >= 0.6 is 0 Å². The Morgan fingerprint density at radius 2 is 2.07 bits per heavy atom. The Morgan fingerprint density at radius 3 is 2.81 bits per heavy atom. The third kappa shape index (κ3) is 3.98. The highest BCUT2D eigenvalue weighted by Crippen LogP contribution is 2.21. The normalized spacial score (nSPS) is 10.4. The summed E-state index contributed by atoms with van der Waals surface area (Å²) in [5.74, 6) is -0.243. The van der Waals surface area contributed by atoms with Crippen LogP contribution in [-0.2, 0) is 11.3 Å². The molecule has 2 amide bonds. The zero-order chi connectivity index (χ0) is 19.4. The Labute approximate surface area is 152 Å². The standard InChI is InChI=1S/C16H14N6O5/c1-27-15(23)10-6-11(8-12(7-10)22(25)26)18-16(24)17-9-14-20-19-13-4-2-3-5-21(13)14/h2-8H,9H2,1H3,(H2,17,18,24). The van der Waals surface area contributed by atoms with E-state index in [1.807, 2.05) is 6.07 Å². The number of non-ortho nitro benzene ring substituents is 1. The largest absolute Gasteiger partial charge is 0.465 e. The van der Waals surface area contributed by atoms with E-state index < -0.39 is 16.9 Å². The van der Waals surface area contributed by atoms with Crippen molar-refractivity contribution >= 4 is 29.0 Å². The molecule has 138 valence electrons. The van der Waals surface area contributed by atoms with Crippen molar-refractivity contribution in [1.82, 2.24) is 19.9 Å². The molecular formula is C16H14N6O5. The van der Waals surface area contributed by atoms with Gasteiger partial charge in [-0.2, -0.15) is 0 Å². The lowest BCUT2D eigenvalue weighted by atomic mass is 10.1. The van der Waals surface area contributed by atoms with Crippen molar-refractivity contribution in [2.24, 2.45) is 0 Å². The van der Waals surface area contributed by atoms with Gasteiger partial charge >= 0.3 is 12.0 Å². The highest BCUT2D eigenvalue weighted by molar-refractivity contribution is 5.94. The van der Waals surface area contributed by atoms with Gasteiger partial charge in [-0.25, -0.2) is 9.59 Å². The fourth-order valence-electron chi connectivity index (χ4n) is 2.37. The van der Waals surface area contributed by atoms with E-state index in [1.54, 1.807) is 22.7 Å². The van der Waals surface area contributed by atoms with E-state index >= 15 is 0 Å². The molecule has 0 aliphatic rings. The number of benzene rings is 1.